The van der Waals surface area contributed by atoms with Gasteiger partial charge in [0.05, 0.1) is 4.92 Å². The molecular weight excluding hydrogens is 298 g/mol. The number of benzene rings is 1. The average Bonchev–Trinajstić information content (AvgIpc) is 2.81. The molecule has 8 heteroatoms. The van der Waals surface area contributed by atoms with E-state index in [0.29, 0.717) is 30.2 Å². The fraction of sp³-hybridized carbons (Fsp3) is 0.333. The van der Waals surface area contributed by atoms with Gasteiger partial charge in [0, 0.05) is 26.2 Å². The monoisotopic (exact) mass is 317 g/mol. The normalized spacial score (nSPS) is 10.4. The van der Waals surface area contributed by atoms with Gasteiger partial charge in [0.25, 0.3) is 0 Å². The molecule has 1 heterocycles. The fourth-order valence-electron chi connectivity index (χ4n) is 2.34. The Morgan fingerprint density at radius 3 is 2.78 bits per heavy atom. The fourth-order valence-corrected chi connectivity index (χ4v) is 2.34. The van der Waals surface area contributed by atoms with Gasteiger partial charge in [-0.25, -0.2) is 4.68 Å². The molecule has 2 rings (SSSR count). The standard InChI is InChI=1S/C15H19N5O3/c1-4-13-14(20(22)23)15(19(3)18-13)16-9-11-6-5-7-12(8-11)17-10(2)21/h5-8,16H,4,9H2,1-3H3,(H,17,21). The molecule has 0 atom stereocenters. The number of nitro groups is 1. The molecule has 0 bridgehead atoms. The molecular formula is C15H19N5O3. The van der Waals surface area contributed by atoms with Gasteiger partial charge in [-0.2, -0.15) is 5.10 Å². The minimum Gasteiger partial charge on any atom is -0.360 e. The van der Waals surface area contributed by atoms with Crippen molar-refractivity contribution >= 4 is 23.1 Å². The number of aromatic nitrogens is 2. The van der Waals surface area contributed by atoms with Gasteiger partial charge in [-0.05, 0) is 24.1 Å². The van der Waals surface area contributed by atoms with Gasteiger partial charge in [0.15, 0.2) is 0 Å². The highest BCUT2D eigenvalue weighted by Gasteiger charge is 2.25. The van der Waals surface area contributed by atoms with Crippen molar-refractivity contribution in [3.63, 3.8) is 0 Å². The van der Waals surface area contributed by atoms with E-state index in [1.807, 2.05) is 25.1 Å². The molecule has 0 saturated heterocycles. The van der Waals surface area contributed by atoms with E-state index in [1.165, 1.54) is 11.6 Å². The molecule has 0 spiro atoms. The lowest BCUT2D eigenvalue weighted by Gasteiger charge is -2.08. The van der Waals surface area contributed by atoms with Crippen LogP contribution < -0.4 is 10.6 Å². The number of nitrogens with zero attached hydrogens (tertiary/aromatic N) is 3. The lowest BCUT2D eigenvalue weighted by atomic mass is 10.2. The number of anilines is 2. The van der Waals surface area contributed by atoms with Crippen LogP contribution in [0, 0.1) is 10.1 Å². The van der Waals surface area contributed by atoms with E-state index in [0.717, 1.165) is 5.56 Å². The Morgan fingerprint density at radius 1 is 1.43 bits per heavy atom. The van der Waals surface area contributed by atoms with Crippen LogP contribution in [0.25, 0.3) is 0 Å². The van der Waals surface area contributed by atoms with Crippen LogP contribution in [0.3, 0.4) is 0 Å². The van der Waals surface area contributed by atoms with E-state index in [2.05, 4.69) is 15.7 Å². The summed E-state index contributed by atoms with van der Waals surface area (Å²) in [7, 11) is 1.67. The summed E-state index contributed by atoms with van der Waals surface area (Å²) in [6.07, 6.45) is 0.490. The Morgan fingerprint density at radius 2 is 2.17 bits per heavy atom. The Hall–Kier alpha value is -2.90. The highest BCUT2D eigenvalue weighted by molar-refractivity contribution is 5.88. The maximum Gasteiger partial charge on any atom is 0.333 e. The molecule has 1 aromatic carbocycles. The number of carbonyl (C=O) groups excluding carboxylic acids is 1. The maximum atomic E-state index is 11.3. The largest absolute Gasteiger partial charge is 0.360 e. The molecule has 0 aliphatic heterocycles. The minimum absolute atomic E-state index is 0.00742. The number of amides is 1. The molecule has 2 aromatic rings. The van der Waals surface area contributed by atoms with E-state index in [-0.39, 0.29) is 11.6 Å². The van der Waals surface area contributed by atoms with Crippen molar-refractivity contribution in [2.24, 2.45) is 7.05 Å². The Labute approximate surface area is 133 Å². The Bertz CT molecular complexity index is 739. The second-order valence-corrected chi connectivity index (χ2v) is 5.11. The summed E-state index contributed by atoms with van der Waals surface area (Å²) in [4.78, 5) is 21.9. The number of hydrogen-bond donors (Lipinski definition) is 2. The van der Waals surface area contributed by atoms with Crippen molar-refractivity contribution in [1.29, 1.82) is 0 Å². The first-order valence-electron chi connectivity index (χ1n) is 7.23. The van der Waals surface area contributed by atoms with Gasteiger partial charge >= 0.3 is 5.69 Å². The van der Waals surface area contributed by atoms with Gasteiger partial charge < -0.3 is 10.6 Å². The number of hydrogen-bond acceptors (Lipinski definition) is 5. The molecule has 0 unspecified atom stereocenters. The van der Waals surface area contributed by atoms with Crippen LogP contribution in [0.5, 0.6) is 0 Å². The number of rotatable bonds is 6. The molecule has 1 amide bonds. The third-order valence-electron chi connectivity index (χ3n) is 3.32. The van der Waals surface area contributed by atoms with Gasteiger partial charge in [0.2, 0.25) is 11.7 Å². The van der Waals surface area contributed by atoms with Crippen LogP contribution >= 0.6 is 0 Å². The average molecular weight is 317 g/mol. The lowest BCUT2D eigenvalue weighted by molar-refractivity contribution is -0.384. The van der Waals surface area contributed by atoms with Crippen molar-refractivity contribution < 1.29 is 9.72 Å². The third kappa shape index (κ3) is 3.85. The summed E-state index contributed by atoms with van der Waals surface area (Å²) in [5.74, 6) is 0.224. The van der Waals surface area contributed by atoms with Crippen LogP contribution in [0.2, 0.25) is 0 Å². The van der Waals surface area contributed by atoms with Crippen molar-refractivity contribution in [2.75, 3.05) is 10.6 Å². The van der Waals surface area contributed by atoms with Crippen LogP contribution in [0.1, 0.15) is 25.1 Å². The summed E-state index contributed by atoms with van der Waals surface area (Å²) in [5.41, 5.74) is 2.04. The number of carbonyl (C=O) groups is 1. The molecule has 1 aromatic heterocycles. The van der Waals surface area contributed by atoms with E-state index >= 15 is 0 Å². The minimum atomic E-state index is -0.415. The third-order valence-corrected chi connectivity index (χ3v) is 3.32. The second-order valence-electron chi connectivity index (χ2n) is 5.11. The highest BCUT2D eigenvalue weighted by Crippen LogP contribution is 2.28. The Balaban J connectivity index is 2.20. The topological polar surface area (TPSA) is 102 Å². The van der Waals surface area contributed by atoms with Gasteiger partial charge in [-0.1, -0.05) is 19.1 Å². The summed E-state index contributed by atoms with van der Waals surface area (Å²) < 4.78 is 1.48. The summed E-state index contributed by atoms with van der Waals surface area (Å²) in [5, 5.41) is 21.2. The van der Waals surface area contributed by atoms with Crippen LogP contribution in [0.15, 0.2) is 24.3 Å². The van der Waals surface area contributed by atoms with E-state index < -0.39 is 4.92 Å². The molecule has 0 radical (unpaired) electrons. The van der Waals surface area contributed by atoms with Crippen molar-refractivity contribution in [3.05, 3.63) is 45.6 Å². The van der Waals surface area contributed by atoms with Crippen molar-refractivity contribution in [1.82, 2.24) is 9.78 Å². The zero-order valence-electron chi connectivity index (χ0n) is 13.3. The Kier molecular flexibility index (Phi) is 4.95. The lowest BCUT2D eigenvalue weighted by Crippen LogP contribution is -2.08. The van der Waals surface area contributed by atoms with Crippen LogP contribution in [-0.4, -0.2) is 20.6 Å². The SMILES string of the molecule is CCc1nn(C)c(NCc2cccc(NC(C)=O)c2)c1[N+](=O)[O-]. The van der Waals surface area contributed by atoms with Crippen LogP contribution in [-0.2, 0) is 24.8 Å². The number of aryl methyl sites for hydroxylation is 2. The van der Waals surface area contributed by atoms with Gasteiger partial charge in [-0.15, -0.1) is 0 Å². The summed E-state index contributed by atoms with van der Waals surface area (Å²) in [6, 6.07) is 7.29. The maximum absolute atomic E-state index is 11.3. The van der Waals surface area contributed by atoms with Gasteiger partial charge in [0.1, 0.15) is 5.69 Å². The van der Waals surface area contributed by atoms with Crippen molar-refractivity contribution in [2.45, 2.75) is 26.8 Å². The smallest absolute Gasteiger partial charge is 0.333 e. The number of nitrogens with one attached hydrogen (secondary N) is 2. The highest BCUT2D eigenvalue weighted by atomic mass is 16.6. The van der Waals surface area contributed by atoms with Gasteiger partial charge in [-0.3, -0.25) is 14.9 Å². The first-order valence-corrected chi connectivity index (χ1v) is 7.23. The molecule has 2 N–H and O–H groups in total. The first-order chi connectivity index (χ1) is 10.9. The predicted octanol–water partition coefficient (Wildman–Crippen LogP) is 2.46. The molecule has 23 heavy (non-hydrogen) atoms. The van der Waals surface area contributed by atoms with Crippen molar-refractivity contribution in [3.8, 4) is 0 Å². The first kappa shape index (κ1) is 16.5. The van der Waals surface area contributed by atoms with E-state index in [9.17, 15) is 14.9 Å². The zero-order valence-corrected chi connectivity index (χ0v) is 13.3. The van der Waals surface area contributed by atoms with Crippen LogP contribution in [0.4, 0.5) is 17.2 Å². The molecule has 0 saturated carbocycles. The summed E-state index contributed by atoms with van der Waals surface area (Å²) in [6.45, 7) is 3.66. The van der Waals surface area contributed by atoms with E-state index in [4.69, 9.17) is 0 Å². The molecule has 0 aliphatic carbocycles. The van der Waals surface area contributed by atoms with E-state index in [1.54, 1.807) is 13.1 Å². The summed E-state index contributed by atoms with van der Waals surface area (Å²) >= 11 is 0. The molecule has 8 nitrogen and oxygen atoms in total. The molecule has 122 valence electrons. The zero-order chi connectivity index (χ0) is 17.0. The predicted molar refractivity (Wildman–Crippen MR) is 87.3 cm³/mol. The molecule has 0 fully saturated rings. The second kappa shape index (κ2) is 6.91. The quantitative estimate of drug-likeness (QED) is 0.629. The molecule has 0 aliphatic rings.